The Morgan fingerprint density at radius 1 is 1.25 bits per heavy atom. The highest BCUT2D eigenvalue weighted by molar-refractivity contribution is 5.99. The number of carbonyl (C=O) groups is 1. The standard InChI is InChI=1S/C20H21FN6O/c1-14-11-18(24-13-23-14)27-17(7-10-25-27)26-19(28)20(8-2-9-22-12-20)15-3-5-16(21)6-4-15/h3-7,10-11,13,22H,2,8-9,12H2,1H3,(H,26,28)/t20-/m1/s1. The number of hydrogen-bond acceptors (Lipinski definition) is 5. The highest BCUT2D eigenvalue weighted by Gasteiger charge is 2.41. The molecule has 1 saturated heterocycles. The molecule has 1 amide bonds. The monoisotopic (exact) mass is 380 g/mol. The molecule has 1 aromatic carbocycles. The molecule has 144 valence electrons. The highest BCUT2D eigenvalue weighted by atomic mass is 19.1. The second-order valence-electron chi connectivity index (χ2n) is 6.97. The van der Waals surface area contributed by atoms with Gasteiger partial charge in [0, 0.05) is 24.4 Å². The number of anilines is 1. The van der Waals surface area contributed by atoms with Gasteiger partial charge in [0.2, 0.25) is 5.91 Å². The smallest absolute Gasteiger partial charge is 0.237 e. The van der Waals surface area contributed by atoms with Crippen LogP contribution < -0.4 is 10.6 Å². The van der Waals surface area contributed by atoms with Crippen molar-refractivity contribution in [3.63, 3.8) is 0 Å². The molecule has 7 nitrogen and oxygen atoms in total. The molecule has 2 aromatic heterocycles. The van der Waals surface area contributed by atoms with Gasteiger partial charge in [0.25, 0.3) is 0 Å². The molecule has 0 unspecified atom stereocenters. The van der Waals surface area contributed by atoms with Crippen LogP contribution in [0.5, 0.6) is 0 Å². The van der Waals surface area contributed by atoms with Crippen LogP contribution in [0.25, 0.3) is 5.82 Å². The Bertz CT molecular complexity index is 978. The van der Waals surface area contributed by atoms with Crippen molar-refractivity contribution in [2.45, 2.75) is 25.2 Å². The normalized spacial score (nSPS) is 19.4. The van der Waals surface area contributed by atoms with Gasteiger partial charge in [-0.15, -0.1) is 0 Å². The van der Waals surface area contributed by atoms with Gasteiger partial charge in [0.05, 0.1) is 11.6 Å². The number of nitrogens with zero attached hydrogens (tertiary/aromatic N) is 4. The van der Waals surface area contributed by atoms with Crippen molar-refractivity contribution in [2.24, 2.45) is 0 Å². The van der Waals surface area contributed by atoms with Crippen LogP contribution in [0.4, 0.5) is 10.2 Å². The summed E-state index contributed by atoms with van der Waals surface area (Å²) in [6.07, 6.45) is 4.60. The molecule has 4 rings (SSSR count). The largest absolute Gasteiger partial charge is 0.315 e. The third kappa shape index (κ3) is 3.38. The Hall–Kier alpha value is -3.13. The van der Waals surface area contributed by atoms with Gasteiger partial charge in [-0.3, -0.25) is 4.79 Å². The first-order chi connectivity index (χ1) is 13.6. The number of carbonyl (C=O) groups excluding carboxylic acids is 1. The van der Waals surface area contributed by atoms with Gasteiger partial charge in [0.1, 0.15) is 18.0 Å². The van der Waals surface area contributed by atoms with E-state index in [1.54, 1.807) is 35.1 Å². The van der Waals surface area contributed by atoms with E-state index in [0.717, 1.165) is 24.2 Å². The number of benzene rings is 1. The van der Waals surface area contributed by atoms with Gasteiger partial charge in [0.15, 0.2) is 5.82 Å². The lowest BCUT2D eigenvalue weighted by Gasteiger charge is -2.36. The number of nitrogens with one attached hydrogen (secondary N) is 2. The van der Waals surface area contributed by atoms with E-state index in [0.29, 0.717) is 24.6 Å². The van der Waals surface area contributed by atoms with Crippen molar-refractivity contribution < 1.29 is 9.18 Å². The van der Waals surface area contributed by atoms with Gasteiger partial charge in [-0.1, -0.05) is 12.1 Å². The fraction of sp³-hybridized carbons (Fsp3) is 0.300. The summed E-state index contributed by atoms with van der Waals surface area (Å²) in [6.45, 7) is 3.21. The molecule has 3 aromatic rings. The predicted molar refractivity (Wildman–Crippen MR) is 103 cm³/mol. The van der Waals surface area contributed by atoms with Crippen LogP contribution in [0.1, 0.15) is 24.1 Å². The van der Waals surface area contributed by atoms with Gasteiger partial charge in [-0.05, 0) is 44.0 Å². The minimum Gasteiger partial charge on any atom is -0.315 e. The quantitative estimate of drug-likeness (QED) is 0.726. The summed E-state index contributed by atoms with van der Waals surface area (Å²) in [4.78, 5) is 21.7. The molecule has 1 atom stereocenters. The Morgan fingerprint density at radius 2 is 2.07 bits per heavy atom. The maximum absolute atomic E-state index is 13.4. The lowest BCUT2D eigenvalue weighted by atomic mass is 9.74. The van der Waals surface area contributed by atoms with Crippen molar-refractivity contribution in [2.75, 3.05) is 18.4 Å². The molecule has 0 aliphatic carbocycles. The van der Waals surface area contributed by atoms with Crippen LogP contribution >= 0.6 is 0 Å². The average Bonchev–Trinajstić information content (AvgIpc) is 3.17. The Kier molecular flexibility index (Phi) is 4.87. The minimum absolute atomic E-state index is 0.154. The van der Waals surface area contributed by atoms with E-state index in [9.17, 15) is 9.18 Å². The third-order valence-corrected chi connectivity index (χ3v) is 5.11. The molecule has 1 fully saturated rings. The summed E-state index contributed by atoms with van der Waals surface area (Å²) in [5, 5.41) is 10.6. The Balaban J connectivity index is 1.66. The molecule has 3 heterocycles. The number of piperidine rings is 1. The van der Waals surface area contributed by atoms with E-state index in [1.807, 2.05) is 6.92 Å². The molecule has 0 spiro atoms. The molecule has 1 aliphatic heterocycles. The van der Waals surface area contributed by atoms with Gasteiger partial charge in [-0.25, -0.2) is 14.4 Å². The maximum Gasteiger partial charge on any atom is 0.237 e. The summed E-state index contributed by atoms with van der Waals surface area (Å²) >= 11 is 0. The molecular formula is C20H21FN6O. The van der Waals surface area contributed by atoms with Crippen molar-refractivity contribution >= 4 is 11.7 Å². The van der Waals surface area contributed by atoms with Crippen LogP contribution in [0.15, 0.2) is 48.9 Å². The first-order valence-corrected chi connectivity index (χ1v) is 9.20. The first kappa shape index (κ1) is 18.2. The molecule has 0 saturated carbocycles. The minimum atomic E-state index is -0.775. The summed E-state index contributed by atoms with van der Waals surface area (Å²) < 4.78 is 15.0. The number of amides is 1. The summed E-state index contributed by atoms with van der Waals surface area (Å²) in [6, 6.07) is 9.68. The second-order valence-corrected chi connectivity index (χ2v) is 6.97. The Labute approximate surface area is 162 Å². The third-order valence-electron chi connectivity index (χ3n) is 5.11. The molecule has 2 N–H and O–H groups in total. The van der Waals surface area contributed by atoms with E-state index >= 15 is 0 Å². The zero-order chi connectivity index (χ0) is 19.6. The lowest BCUT2D eigenvalue weighted by molar-refractivity contribution is -0.122. The maximum atomic E-state index is 13.4. The van der Waals surface area contributed by atoms with Crippen molar-refractivity contribution in [1.29, 1.82) is 0 Å². The van der Waals surface area contributed by atoms with Crippen LogP contribution in [-0.2, 0) is 10.2 Å². The molecule has 0 radical (unpaired) electrons. The number of halogens is 1. The highest BCUT2D eigenvalue weighted by Crippen LogP contribution is 2.33. The van der Waals surface area contributed by atoms with E-state index in [1.165, 1.54) is 18.5 Å². The van der Waals surface area contributed by atoms with Crippen LogP contribution in [-0.4, -0.2) is 38.7 Å². The van der Waals surface area contributed by atoms with Gasteiger partial charge in [-0.2, -0.15) is 9.78 Å². The van der Waals surface area contributed by atoms with Crippen molar-refractivity contribution in [3.8, 4) is 5.82 Å². The summed E-state index contributed by atoms with van der Waals surface area (Å²) in [7, 11) is 0. The second kappa shape index (κ2) is 7.47. The molecule has 1 aliphatic rings. The first-order valence-electron chi connectivity index (χ1n) is 9.20. The number of aryl methyl sites for hydroxylation is 1. The average molecular weight is 380 g/mol. The van der Waals surface area contributed by atoms with E-state index < -0.39 is 5.41 Å². The number of aromatic nitrogens is 4. The summed E-state index contributed by atoms with van der Waals surface area (Å²) in [5.41, 5.74) is 0.822. The van der Waals surface area contributed by atoms with Crippen molar-refractivity contribution in [3.05, 3.63) is 66.0 Å². The van der Waals surface area contributed by atoms with Gasteiger partial charge >= 0.3 is 0 Å². The van der Waals surface area contributed by atoms with E-state index in [4.69, 9.17) is 0 Å². The van der Waals surface area contributed by atoms with Crippen LogP contribution in [0.3, 0.4) is 0 Å². The molecule has 8 heteroatoms. The molecular weight excluding hydrogens is 359 g/mol. The lowest BCUT2D eigenvalue weighted by Crippen LogP contribution is -2.51. The van der Waals surface area contributed by atoms with E-state index in [2.05, 4.69) is 25.7 Å². The topological polar surface area (TPSA) is 84.7 Å². The molecule has 0 bridgehead atoms. The fourth-order valence-corrected chi connectivity index (χ4v) is 3.62. The zero-order valence-corrected chi connectivity index (χ0v) is 15.5. The summed E-state index contributed by atoms with van der Waals surface area (Å²) in [5.74, 6) is 0.625. The van der Waals surface area contributed by atoms with E-state index in [-0.39, 0.29) is 11.7 Å². The molecule has 28 heavy (non-hydrogen) atoms. The number of hydrogen-bond donors (Lipinski definition) is 2. The predicted octanol–water partition coefficient (Wildman–Crippen LogP) is 2.37. The SMILES string of the molecule is Cc1cc(-n2nccc2NC(=O)[C@]2(c3ccc(F)cc3)CCCNC2)ncn1. The zero-order valence-electron chi connectivity index (χ0n) is 15.5. The van der Waals surface area contributed by atoms with Crippen LogP contribution in [0, 0.1) is 12.7 Å². The van der Waals surface area contributed by atoms with Crippen LogP contribution in [0.2, 0.25) is 0 Å². The number of rotatable bonds is 4. The Morgan fingerprint density at radius 3 is 2.79 bits per heavy atom. The fourth-order valence-electron chi connectivity index (χ4n) is 3.62. The van der Waals surface area contributed by atoms with Crippen molar-refractivity contribution in [1.82, 2.24) is 25.1 Å². The van der Waals surface area contributed by atoms with Gasteiger partial charge < -0.3 is 10.6 Å².